The molecule has 62 valence electrons. The average Bonchev–Trinajstić information content (AvgIpc) is 2.52. The first-order valence-corrected chi connectivity index (χ1v) is 4.63. The van der Waals surface area contributed by atoms with E-state index in [1.165, 1.54) is 11.1 Å². The quantitative estimate of drug-likeness (QED) is 0.713. The lowest BCUT2D eigenvalue weighted by Crippen LogP contribution is -1.88. The fraction of sp³-hybridized carbons (Fsp3) is 0.200. The van der Waals surface area contributed by atoms with Gasteiger partial charge in [-0.05, 0) is 29.7 Å². The number of hydrogen-bond acceptors (Lipinski definition) is 1. The molecule has 0 unspecified atom stereocenters. The third-order valence-corrected chi connectivity index (χ3v) is 2.70. The van der Waals surface area contributed by atoms with Crippen molar-refractivity contribution in [1.29, 1.82) is 0 Å². The van der Waals surface area contributed by atoms with Crippen molar-refractivity contribution >= 4 is 22.0 Å². The van der Waals surface area contributed by atoms with Crippen LogP contribution in [0.1, 0.15) is 11.1 Å². The highest BCUT2D eigenvalue weighted by Crippen LogP contribution is 2.31. The molecule has 0 aliphatic heterocycles. The maximum Gasteiger partial charge on any atom is 0.120 e. The van der Waals surface area contributed by atoms with Crippen LogP contribution in [0.4, 0.5) is 0 Å². The topological polar surface area (TPSA) is 9.23 Å². The van der Waals surface area contributed by atoms with E-state index in [0.717, 1.165) is 16.6 Å². The van der Waals surface area contributed by atoms with Crippen molar-refractivity contribution in [2.75, 3.05) is 7.11 Å². The van der Waals surface area contributed by atoms with Crippen molar-refractivity contribution in [3.05, 3.63) is 33.8 Å². The molecule has 0 saturated heterocycles. The Bertz CT molecular complexity index is 342. The molecule has 0 atom stereocenters. The van der Waals surface area contributed by atoms with Crippen LogP contribution < -0.4 is 4.74 Å². The summed E-state index contributed by atoms with van der Waals surface area (Å²) < 4.78 is 6.28. The molecule has 1 aromatic rings. The zero-order chi connectivity index (χ0) is 8.55. The number of halogens is 1. The number of ether oxygens (including phenoxy) is 1. The number of allylic oxidation sites excluding steroid dienone is 1. The van der Waals surface area contributed by atoms with Gasteiger partial charge in [0.1, 0.15) is 5.75 Å². The molecule has 1 aliphatic carbocycles. The van der Waals surface area contributed by atoms with E-state index >= 15 is 0 Å². The molecule has 0 fully saturated rings. The van der Waals surface area contributed by atoms with Gasteiger partial charge >= 0.3 is 0 Å². The maximum atomic E-state index is 5.16. The van der Waals surface area contributed by atoms with E-state index in [2.05, 4.69) is 34.1 Å². The Morgan fingerprint density at radius 2 is 2.25 bits per heavy atom. The fourth-order valence-electron chi connectivity index (χ4n) is 1.42. The van der Waals surface area contributed by atoms with Gasteiger partial charge in [0.05, 0.1) is 7.11 Å². The summed E-state index contributed by atoms with van der Waals surface area (Å²) in [6.45, 7) is 0. The van der Waals surface area contributed by atoms with Gasteiger partial charge in [-0.3, -0.25) is 0 Å². The van der Waals surface area contributed by atoms with Gasteiger partial charge in [-0.1, -0.05) is 28.1 Å². The minimum absolute atomic E-state index is 0.921. The van der Waals surface area contributed by atoms with E-state index in [9.17, 15) is 0 Å². The summed E-state index contributed by atoms with van der Waals surface area (Å²) in [6, 6.07) is 4.08. The Labute approximate surface area is 80.2 Å². The minimum Gasteiger partial charge on any atom is -0.497 e. The second-order valence-corrected chi connectivity index (χ2v) is 3.64. The monoisotopic (exact) mass is 224 g/mol. The summed E-state index contributed by atoms with van der Waals surface area (Å²) in [4.78, 5) is 0. The van der Waals surface area contributed by atoms with Crippen LogP contribution in [-0.4, -0.2) is 7.11 Å². The molecule has 1 nitrogen and oxygen atoms in total. The summed E-state index contributed by atoms with van der Waals surface area (Å²) in [5, 5.41) is 0. The van der Waals surface area contributed by atoms with Crippen molar-refractivity contribution in [3.8, 4) is 5.75 Å². The van der Waals surface area contributed by atoms with E-state index in [4.69, 9.17) is 4.74 Å². The Kier molecular flexibility index (Phi) is 1.93. The highest BCUT2D eigenvalue weighted by molar-refractivity contribution is 9.10. The van der Waals surface area contributed by atoms with Crippen molar-refractivity contribution in [1.82, 2.24) is 0 Å². The minimum atomic E-state index is 0.921. The normalized spacial score (nSPS) is 13.2. The van der Waals surface area contributed by atoms with Gasteiger partial charge in [0.15, 0.2) is 0 Å². The van der Waals surface area contributed by atoms with Crippen LogP contribution in [0.25, 0.3) is 6.08 Å². The van der Waals surface area contributed by atoms with Gasteiger partial charge in [0.2, 0.25) is 0 Å². The van der Waals surface area contributed by atoms with E-state index in [1.54, 1.807) is 7.11 Å². The number of methoxy groups -OCH3 is 1. The molecule has 0 amide bonds. The summed E-state index contributed by atoms with van der Waals surface area (Å²) in [5.74, 6) is 0.921. The molecule has 0 heterocycles. The molecular formula is C10H9BrO. The SMILES string of the molecule is COc1cc(Br)c2c(c1)CC=C2. The summed E-state index contributed by atoms with van der Waals surface area (Å²) in [7, 11) is 1.69. The van der Waals surface area contributed by atoms with Crippen molar-refractivity contribution < 1.29 is 4.74 Å². The summed E-state index contributed by atoms with van der Waals surface area (Å²) in [6.07, 6.45) is 5.32. The van der Waals surface area contributed by atoms with Gasteiger partial charge in [-0.15, -0.1) is 0 Å². The molecule has 2 rings (SSSR count). The predicted octanol–water partition coefficient (Wildman–Crippen LogP) is 3.03. The van der Waals surface area contributed by atoms with Gasteiger partial charge in [-0.25, -0.2) is 0 Å². The Balaban J connectivity index is 2.56. The number of rotatable bonds is 1. The summed E-state index contributed by atoms with van der Waals surface area (Å²) >= 11 is 3.51. The highest BCUT2D eigenvalue weighted by Gasteiger charge is 2.09. The standard InChI is InChI=1S/C10H9BrO/c1-12-8-5-7-3-2-4-9(7)10(11)6-8/h2,4-6H,3H2,1H3. The molecule has 2 heteroatoms. The number of benzene rings is 1. The zero-order valence-corrected chi connectivity index (χ0v) is 8.39. The van der Waals surface area contributed by atoms with Crippen molar-refractivity contribution in [3.63, 3.8) is 0 Å². The lowest BCUT2D eigenvalue weighted by molar-refractivity contribution is 0.414. The number of fused-ring (bicyclic) bond motifs is 1. The molecular weight excluding hydrogens is 216 g/mol. The first-order valence-electron chi connectivity index (χ1n) is 3.84. The molecule has 0 radical (unpaired) electrons. The molecule has 0 spiro atoms. The fourth-order valence-corrected chi connectivity index (χ4v) is 2.04. The van der Waals surface area contributed by atoms with Gasteiger partial charge in [-0.2, -0.15) is 0 Å². The maximum absolute atomic E-state index is 5.16. The molecule has 1 aliphatic rings. The largest absolute Gasteiger partial charge is 0.497 e. The van der Waals surface area contributed by atoms with E-state index in [-0.39, 0.29) is 0 Å². The van der Waals surface area contributed by atoms with Crippen LogP contribution in [0.2, 0.25) is 0 Å². The molecule has 0 aromatic heterocycles. The summed E-state index contributed by atoms with van der Waals surface area (Å²) in [5.41, 5.74) is 2.62. The first kappa shape index (κ1) is 7.87. The highest BCUT2D eigenvalue weighted by atomic mass is 79.9. The van der Waals surface area contributed by atoms with E-state index in [1.807, 2.05) is 6.07 Å². The van der Waals surface area contributed by atoms with E-state index < -0.39 is 0 Å². The Morgan fingerprint density at radius 1 is 1.42 bits per heavy atom. The lowest BCUT2D eigenvalue weighted by atomic mass is 10.1. The van der Waals surface area contributed by atoms with Crippen molar-refractivity contribution in [2.45, 2.75) is 6.42 Å². The zero-order valence-electron chi connectivity index (χ0n) is 6.80. The first-order chi connectivity index (χ1) is 5.81. The van der Waals surface area contributed by atoms with Crippen LogP contribution in [0.15, 0.2) is 22.7 Å². The molecule has 1 aromatic carbocycles. The third-order valence-electron chi connectivity index (χ3n) is 2.05. The second-order valence-electron chi connectivity index (χ2n) is 2.79. The van der Waals surface area contributed by atoms with Gasteiger partial charge in [0.25, 0.3) is 0 Å². The van der Waals surface area contributed by atoms with Gasteiger partial charge < -0.3 is 4.74 Å². The van der Waals surface area contributed by atoms with Crippen LogP contribution in [0.5, 0.6) is 5.75 Å². The average molecular weight is 225 g/mol. The van der Waals surface area contributed by atoms with E-state index in [0.29, 0.717) is 0 Å². The predicted molar refractivity (Wildman–Crippen MR) is 53.4 cm³/mol. The van der Waals surface area contributed by atoms with Crippen LogP contribution in [-0.2, 0) is 6.42 Å². The molecule has 0 N–H and O–H groups in total. The molecule has 0 bridgehead atoms. The second kappa shape index (κ2) is 2.94. The Hall–Kier alpha value is -0.760. The van der Waals surface area contributed by atoms with Crippen LogP contribution >= 0.6 is 15.9 Å². The molecule has 0 saturated carbocycles. The smallest absolute Gasteiger partial charge is 0.120 e. The molecule has 12 heavy (non-hydrogen) atoms. The van der Waals surface area contributed by atoms with Crippen LogP contribution in [0.3, 0.4) is 0 Å². The lowest BCUT2D eigenvalue weighted by Gasteiger charge is -2.05. The van der Waals surface area contributed by atoms with Crippen LogP contribution in [0, 0.1) is 0 Å². The van der Waals surface area contributed by atoms with Gasteiger partial charge in [0, 0.05) is 4.47 Å². The van der Waals surface area contributed by atoms with Crippen molar-refractivity contribution in [2.24, 2.45) is 0 Å². The Morgan fingerprint density at radius 3 is 3.00 bits per heavy atom. The number of hydrogen-bond donors (Lipinski definition) is 0. The third kappa shape index (κ3) is 1.16.